The van der Waals surface area contributed by atoms with E-state index in [1.807, 2.05) is 0 Å². The van der Waals surface area contributed by atoms with Crippen LogP contribution in [0.25, 0.3) is 0 Å². The lowest BCUT2D eigenvalue weighted by Crippen LogP contribution is -2.46. The molecule has 0 unspecified atom stereocenters. The first-order valence-electron chi connectivity index (χ1n) is 7.61. The van der Waals surface area contributed by atoms with E-state index in [2.05, 4.69) is 13.8 Å². The van der Waals surface area contributed by atoms with Gasteiger partial charge in [0.1, 0.15) is 0 Å². The van der Waals surface area contributed by atoms with Crippen LogP contribution >= 0.6 is 0 Å². The van der Waals surface area contributed by atoms with E-state index in [9.17, 15) is 9.59 Å². The van der Waals surface area contributed by atoms with E-state index in [0.717, 1.165) is 25.7 Å². The van der Waals surface area contributed by atoms with Gasteiger partial charge in [-0.15, -0.1) is 0 Å². The van der Waals surface area contributed by atoms with Gasteiger partial charge >= 0.3 is 11.8 Å². The van der Waals surface area contributed by atoms with Gasteiger partial charge in [0.25, 0.3) is 0 Å². The fourth-order valence-electron chi connectivity index (χ4n) is 2.72. The van der Waals surface area contributed by atoms with Crippen molar-refractivity contribution in [1.29, 1.82) is 0 Å². The second-order valence-electron chi connectivity index (χ2n) is 5.31. The standard InChI is InChI=1S/C16H22N2O4/c1-3-5-11(6-4-2)18(16(20)15(17)19)12-7-8-13-14(9-12)22-10-21-13/h7-9,11H,3-6,10H2,1-2H3,(H2,17,19). The highest BCUT2D eigenvalue weighted by Gasteiger charge is 2.29. The summed E-state index contributed by atoms with van der Waals surface area (Å²) in [6, 6.07) is 5.16. The molecule has 2 N–H and O–H groups in total. The van der Waals surface area contributed by atoms with Crippen LogP contribution in [0.5, 0.6) is 11.5 Å². The van der Waals surface area contributed by atoms with Gasteiger partial charge < -0.3 is 20.1 Å². The molecule has 6 nitrogen and oxygen atoms in total. The number of carbonyl (C=O) groups excluding carboxylic acids is 2. The molecule has 1 aliphatic heterocycles. The Morgan fingerprint density at radius 3 is 2.41 bits per heavy atom. The minimum Gasteiger partial charge on any atom is -0.454 e. The fraction of sp³-hybridized carbons (Fsp3) is 0.500. The molecule has 0 aliphatic carbocycles. The fourth-order valence-corrected chi connectivity index (χ4v) is 2.72. The van der Waals surface area contributed by atoms with Crippen molar-refractivity contribution < 1.29 is 19.1 Å². The molecule has 6 heteroatoms. The monoisotopic (exact) mass is 306 g/mol. The quantitative estimate of drug-likeness (QED) is 0.817. The van der Waals surface area contributed by atoms with Crippen molar-refractivity contribution in [3.05, 3.63) is 18.2 Å². The van der Waals surface area contributed by atoms with Crippen LogP contribution in [-0.4, -0.2) is 24.6 Å². The van der Waals surface area contributed by atoms with Gasteiger partial charge in [-0.25, -0.2) is 0 Å². The highest BCUT2D eigenvalue weighted by atomic mass is 16.7. The molecular weight excluding hydrogens is 284 g/mol. The first kappa shape index (κ1) is 16.1. The third kappa shape index (κ3) is 3.32. The second kappa shape index (κ2) is 7.15. The van der Waals surface area contributed by atoms with Crippen LogP contribution in [0.1, 0.15) is 39.5 Å². The maximum Gasteiger partial charge on any atom is 0.316 e. The number of fused-ring (bicyclic) bond motifs is 1. The molecule has 0 bridgehead atoms. The van der Waals surface area contributed by atoms with E-state index >= 15 is 0 Å². The average molecular weight is 306 g/mol. The molecule has 22 heavy (non-hydrogen) atoms. The molecule has 2 amide bonds. The van der Waals surface area contributed by atoms with Gasteiger partial charge in [0.05, 0.1) is 0 Å². The number of ether oxygens (including phenoxy) is 2. The Balaban J connectivity index is 2.38. The molecule has 0 fully saturated rings. The van der Waals surface area contributed by atoms with Crippen LogP contribution in [0.15, 0.2) is 18.2 Å². The minimum absolute atomic E-state index is 0.0598. The van der Waals surface area contributed by atoms with Crippen LogP contribution in [0.3, 0.4) is 0 Å². The number of hydrogen-bond donors (Lipinski definition) is 1. The Kier molecular flexibility index (Phi) is 5.25. The van der Waals surface area contributed by atoms with Crippen LogP contribution in [-0.2, 0) is 9.59 Å². The smallest absolute Gasteiger partial charge is 0.316 e. The number of amides is 2. The number of nitrogens with two attached hydrogens (primary N) is 1. The molecule has 1 aromatic carbocycles. The molecule has 0 atom stereocenters. The summed E-state index contributed by atoms with van der Waals surface area (Å²) in [4.78, 5) is 25.2. The third-order valence-corrected chi connectivity index (χ3v) is 3.67. The number of anilines is 1. The summed E-state index contributed by atoms with van der Waals surface area (Å²) in [7, 11) is 0. The van der Waals surface area contributed by atoms with Gasteiger partial charge in [0.2, 0.25) is 6.79 Å². The Hall–Kier alpha value is -2.24. The highest BCUT2D eigenvalue weighted by molar-refractivity contribution is 6.40. The summed E-state index contributed by atoms with van der Waals surface area (Å²) in [5.41, 5.74) is 5.84. The van der Waals surface area contributed by atoms with E-state index in [0.29, 0.717) is 17.2 Å². The van der Waals surface area contributed by atoms with Crippen LogP contribution in [0.4, 0.5) is 5.69 Å². The predicted molar refractivity (Wildman–Crippen MR) is 82.8 cm³/mol. The Morgan fingerprint density at radius 1 is 1.18 bits per heavy atom. The number of benzene rings is 1. The van der Waals surface area contributed by atoms with Crippen molar-refractivity contribution in [2.45, 2.75) is 45.6 Å². The van der Waals surface area contributed by atoms with Crippen molar-refractivity contribution in [3.8, 4) is 11.5 Å². The molecule has 0 radical (unpaired) electrons. The normalized spacial score (nSPS) is 12.5. The Morgan fingerprint density at radius 2 is 1.82 bits per heavy atom. The zero-order valence-corrected chi connectivity index (χ0v) is 13.0. The van der Waals surface area contributed by atoms with Gasteiger partial charge in [-0.3, -0.25) is 9.59 Å². The summed E-state index contributed by atoms with van der Waals surface area (Å²) < 4.78 is 10.6. The summed E-state index contributed by atoms with van der Waals surface area (Å²) in [5, 5.41) is 0. The van der Waals surface area contributed by atoms with Crippen LogP contribution in [0.2, 0.25) is 0 Å². The second-order valence-corrected chi connectivity index (χ2v) is 5.31. The number of carbonyl (C=O) groups is 2. The molecule has 0 saturated heterocycles. The molecule has 1 aromatic rings. The largest absolute Gasteiger partial charge is 0.454 e. The average Bonchev–Trinajstić information content (AvgIpc) is 2.95. The Bertz CT molecular complexity index is 553. The van der Waals surface area contributed by atoms with Gasteiger partial charge in [0, 0.05) is 17.8 Å². The molecular formula is C16H22N2O4. The number of primary amides is 1. The van der Waals surface area contributed by atoms with E-state index < -0.39 is 11.8 Å². The summed E-state index contributed by atoms with van der Waals surface area (Å²) in [6.45, 7) is 4.26. The topological polar surface area (TPSA) is 81.9 Å². The maximum atomic E-state index is 12.3. The minimum atomic E-state index is -0.949. The Labute approximate surface area is 130 Å². The number of hydrogen-bond acceptors (Lipinski definition) is 4. The van der Waals surface area contributed by atoms with Gasteiger partial charge in [-0.2, -0.15) is 0 Å². The summed E-state index contributed by atoms with van der Waals surface area (Å²) >= 11 is 0. The van der Waals surface area contributed by atoms with Crippen molar-refractivity contribution in [3.63, 3.8) is 0 Å². The van der Waals surface area contributed by atoms with Crippen molar-refractivity contribution in [1.82, 2.24) is 0 Å². The lowest BCUT2D eigenvalue weighted by Gasteiger charge is -2.31. The van der Waals surface area contributed by atoms with Crippen molar-refractivity contribution in [2.75, 3.05) is 11.7 Å². The van der Waals surface area contributed by atoms with Crippen LogP contribution in [0, 0.1) is 0 Å². The molecule has 2 rings (SSSR count). The van der Waals surface area contributed by atoms with Gasteiger partial charge in [-0.05, 0) is 25.0 Å². The third-order valence-electron chi connectivity index (χ3n) is 3.67. The van der Waals surface area contributed by atoms with E-state index in [-0.39, 0.29) is 12.8 Å². The van der Waals surface area contributed by atoms with Crippen molar-refractivity contribution >= 4 is 17.5 Å². The number of nitrogens with zero attached hydrogens (tertiary/aromatic N) is 1. The molecule has 0 aromatic heterocycles. The summed E-state index contributed by atoms with van der Waals surface area (Å²) in [5.74, 6) is -0.426. The lowest BCUT2D eigenvalue weighted by molar-refractivity contribution is -0.136. The molecule has 0 saturated carbocycles. The van der Waals surface area contributed by atoms with Crippen LogP contribution < -0.4 is 20.1 Å². The molecule has 1 aliphatic rings. The molecule has 120 valence electrons. The van der Waals surface area contributed by atoms with Gasteiger partial charge in [0.15, 0.2) is 11.5 Å². The highest BCUT2D eigenvalue weighted by Crippen LogP contribution is 2.36. The van der Waals surface area contributed by atoms with Crippen molar-refractivity contribution in [2.24, 2.45) is 5.73 Å². The number of rotatable bonds is 6. The lowest BCUT2D eigenvalue weighted by atomic mass is 10.0. The predicted octanol–water partition coefficient (Wildman–Crippen LogP) is 2.20. The first-order valence-corrected chi connectivity index (χ1v) is 7.61. The SMILES string of the molecule is CCCC(CCC)N(C(=O)C(N)=O)c1ccc2c(c1)OCO2. The molecule has 0 spiro atoms. The maximum absolute atomic E-state index is 12.3. The zero-order chi connectivity index (χ0) is 16.1. The van der Waals surface area contributed by atoms with E-state index in [4.69, 9.17) is 15.2 Å². The summed E-state index contributed by atoms with van der Waals surface area (Å²) in [6.07, 6.45) is 3.44. The molecule has 1 heterocycles. The van der Waals surface area contributed by atoms with E-state index in [1.165, 1.54) is 4.90 Å². The van der Waals surface area contributed by atoms with E-state index in [1.54, 1.807) is 18.2 Å². The van der Waals surface area contributed by atoms with Gasteiger partial charge in [-0.1, -0.05) is 26.7 Å². The first-order chi connectivity index (χ1) is 10.6. The zero-order valence-electron chi connectivity index (χ0n) is 13.0.